The van der Waals surface area contributed by atoms with Crippen LogP contribution < -0.4 is 0 Å². The third-order valence-electron chi connectivity index (χ3n) is 2.92. The summed E-state index contributed by atoms with van der Waals surface area (Å²) in [6.07, 6.45) is 1.94. The number of carbonyl (C=O) groups excluding carboxylic acids is 1. The molecule has 0 aromatic heterocycles. The first-order valence-electron chi connectivity index (χ1n) is 5.19. The van der Waals surface area contributed by atoms with E-state index in [0.717, 1.165) is 30.4 Å². The zero-order valence-corrected chi connectivity index (χ0v) is 10.4. The highest BCUT2D eigenvalue weighted by molar-refractivity contribution is 9.10. The van der Waals surface area contributed by atoms with Crippen LogP contribution in [0, 0.1) is 0 Å². The van der Waals surface area contributed by atoms with Crippen LogP contribution in [-0.2, 0) is 17.6 Å². The molecule has 15 heavy (non-hydrogen) atoms. The third-order valence-corrected chi connectivity index (χ3v) is 3.41. The van der Waals surface area contributed by atoms with Crippen LogP contribution >= 0.6 is 15.9 Å². The molecule has 1 aliphatic heterocycles. The van der Waals surface area contributed by atoms with Gasteiger partial charge in [-0.3, -0.25) is 4.79 Å². The summed E-state index contributed by atoms with van der Waals surface area (Å²) < 4.78 is 1.12. The van der Waals surface area contributed by atoms with E-state index in [2.05, 4.69) is 34.1 Å². The average Bonchev–Trinajstić information content (AvgIpc) is 2.39. The van der Waals surface area contributed by atoms with Crippen molar-refractivity contribution in [3.8, 4) is 0 Å². The SMILES string of the molecule is CC(=O)N1CCc2ccc(Br)cc2CC1. The fourth-order valence-corrected chi connectivity index (χ4v) is 2.42. The van der Waals surface area contributed by atoms with Gasteiger partial charge in [-0.2, -0.15) is 0 Å². The minimum Gasteiger partial charge on any atom is -0.342 e. The van der Waals surface area contributed by atoms with E-state index in [1.807, 2.05) is 4.90 Å². The molecule has 3 heteroatoms. The van der Waals surface area contributed by atoms with Crippen LogP contribution in [0.1, 0.15) is 18.1 Å². The van der Waals surface area contributed by atoms with Gasteiger partial charge in [-0.25, -0.2) is 0 Å². The molecule has 0 spiro atoms. The highest BCUT2D eigenvalue weighted by Crippen LogP contribution is 2.20. The molecule has 2 rings (SSSR count). The molecule has 0 saturated heterocycles. The van der Waals surface area contributed by atoms with Gasteiger partial charge in [0.05, 0.1) is 0 Å². The van der Waals surface area contributed by atoms with Crippen molar-refractivity contribution in [2.45, 2.75) is 19.8 Å². The number of benzene rings is 1. The van der Waals surface area contributed by atoms with Crippen molar-refractivity contribution >= 4 is 21.8 Å². The molecule has 0 N–H and O–H groups in total. The smallest absolute Gasteiger partial charge is 0.219 e. The van der Waals surface area contributed by atoms with Gasteiger partial charge in [0.15, 0.2) is 0 Å². The number of halogens is 1. The summed E-state index contributed by atoms with van der Waals surface area (Å²) in [6.45, 7) is 3.34. The minimum absolute atomic E-state index is 0.182. The van der Waals surface area contributed by atoms with Gasteiger partial charge < -0.3 is 4.90 Å². The van der Waals surface area contributed by atoms with Gasteiger partial charge in [0, 0.05) is 24.5 Å². The maximum Gasteiger partial charge on any atom is 0.219 e. The Morgan fingerprint density at radius 2 is 1.93 bits per heavy atom. The first-order valence-corrected chi connectivity index (χ1v) is 5.99. The standard InChI is InChI=1S/C12H14BrNO/c1-9(15)14-6-4-10-2-3-12(13)8-11(10)5-7-14/h2-3,8H,4-7H2,1H3. The highest BCUT2D eigenvalue weighted by Gasteiger charge is 2.15. The lowest BCUT2D eigenvalue weighted by molar-refractivity contribution is -0.128. The fourth-order valence-electron chi connectivity index (χ4n) is 2.01. The average molecular weight is 268 g/mol. The highest BCUT2D eigenvalue weighted by atomic mass is 79.9. The van der Waals surface area contributed by atoms with Crippen LogP contribution in [-0.4, -0.2) is 23.9 Å². The number of hydrogen-bond donors (Lipinski definition) is 0. The van der Waals surface area contributed by atoms with E-state index in [0.29, 0.717) is 0 Å². The van der Waals surface area contributed by atoms with E-state index < -0.39 is 0 Å². The van der Waals surface area contributed by atoms with Crippen molar-refractivity contribution < 1.29 is 4.79 Å². The molecule has 0 bridgehead atoms. The molecule has 80 valence electrons. The van der Waals surface area contributed by atoms with Gasteiger partial charge in [-0.15, -0.1) is 0 Å². The van der Waals surface area contributed by atoms with Crippen molar-refractivity contribution in [2.75, 3.05) is 13.1 Å². The van der Waals surface area contributed by atoms with Gasteiger partial charge in [0.25, 0.3) is 0 Å². The van der Waals surface area contributed by atoms with E-state index in [1.54, 1.807) is 6.92 Å². The molecular weight excluding hydrogens is 254 g/mol. The Bertz CT molecular complexity index is 389. The van der Waals surface area contributed by atoms with Crippen molar-refractivity contribution in [2.24, 2.45) is 0 Å². The Hall–Kier alpha value is -0.830. The zero-order chi connectivity index (χ0) is 10.8. The number of carbonyl (C=O) groups is 1. The van der Waals surface area contributed by atoms with Crippen molar-refractivity contribution in [3.05, 3.63) is 33.8 Å². The second-order valence-corrected chi connectivity index (χ2v) is 4.83. The Morgan fingerprint density at radius 3 is 2.60 bits per heavy atom. The Balaban J connectivity index is 2.21. The Kier molecular flexibility index (Phi) is 3.10. The second-order valence-electron chi connectivity index (χ2n) is 3.92. The minimum atomic E-state index is 0.182. The lowest BCUT2D eigenvalue weighted by atomic mass is 10.0. The van der Waals surface area contributed by atoms with Gasteiger partial charge in [-0.1, -0.05) is 22.0 Å². The molecule has 1 amide bonds. The molecular formula is C12H14BrNO. The maximum atomic E-state index is 11.3. The van der Waals surface area contributed by atoms with E-state index in [4.69, 9.17) is 0 Å². The molecule has 0 fully saturated rings. The number of nitrogens with zero attached hydrogens (tertiary/aromatic N) is 1. The summed E-state index contributed by atoms with van der Waals surface area (Å²) in [6, 6.07) is 6.39. The normalized spacial score (nSPS) is 15.7. The Labute approximate surface area is 98.4 Å². The molecule has 1 aromatic rings. The molecule has 0 unspecified atom stereocenters. The van der Waals surface area contributed by atoms with Crippen LogP contribution in [0.2, 0.25) is 0 Å². The van der Waals surface area contributed by atoms with Crippen LogP contribution in [0.15, 0.2) is 22.7 Å². The molecule has 1 aromatic carbocycles. The van der Waals surface area contributed by atoms with E-state index >= 15 is 0 Å². The maximum absolute atomic E-state index is 11.3. The van der Waals surface area contributed by atoms with Gasteiger partial charge in [0.1, 0.15) is 0 Å². The molecule has 1 heterocycles. The van der Waals surface area contributed by atoms with Crippen molar-refractivity contribution in [1.29, 1.82) is 0 Å². The number of hydrogen-bond acceptors (Lipinski definition) is 1. The summed E-state index contributed by atoms with van der Waals surface area (Å²) in [4.78, 5) is 13.2. The number of rotatable bonds is 0. The molecule has 0 radical (unpaired) electrons. The van der Waals surface area contributed by atoms with E-state index in [9.17, 15) is 4.79 Å². The monoisotopic (exact) mass is 267 g/mol. The summed E-state index contributed by atoms with van der Waals surface area (Å²) in [7, 11) is 0. The quantitative estimate of drug-likeness (QED) is 0.707. The first kappa shape index (κ1) is 10.7. The third kappa shape index (κ3) is 2.40. The van der Waals surface area contributed by atoms with E-state index in [1.165, 1.54) is 11.1 Å². The van der Waals surface area contributed by atoms with Crippen LogP contribution in [0.5, 0.6) is 0 Å². The predicted octanol–water partition coefficient (Wildman–Crippen LogP) is 2.40. The fraction of sp³-hybridized carbons (Fsp3) is 0.417. The number of amides is 1. The molecule has 1 aliphatic rings. The molecule has 0 atom stereocenters. The van der Waals surface area contributed by atoms with Gasteiger partial charge in [0.2, 0.25) is 5.91 Å². The molecule has 0 aliphatic carbocycles. The molecule has 0 saturated carbocycles. The second kappa shape index (κ2) is 4.35. The zero-order valence-electron chi connectivity index (χ0n) is 8.79. The molecule has 2 nitrogen and oxygen atoms in total. The van der Waals surface area contributed by atoms with Gasteiger partial charge in [-0.05, 0) is 36.1 Å². The summed E-state index contributed by atoms with van der Waals surface area (Å²) in [5.74, 6) is 0.182. The van der Waals surface area contributed by atoms with Crippen LogP contribution in [0.4, 0.5) is 0 Å². The number of fused-ring (bicyclic) bond motifs is 1. The van der Waals surface area contributed by atoms with Crippen molar-refractivity contribution in [1.82, 2.24) is 4.90 Å². The van der Waals surface area contributed by atoms with Crippen molar-refractivity contribution in [3.63, 3.8) is 0 Å². The summed E-state index contributed by atoms with van der Waals surface area (Å²) in [5.41, 5.74) is 2.75. The van der Waals surface area contributed by atoms with E-state index in [-0.39, 0.29) is 5.91 Å². The lowest BCUT2D eigenvalue weighted by Gasteiger charge is -2.17. The summed E-state index contributed by atoms with van der Waals surface area (Å²) in [5, 5.41) is 0. The van der Waals surface area contributed by atoms with Gasteiger partial charge >= 0.3 is 0 Å². The summed E-state index contributed by atoms with van der Waals surface area (Å²) >= 11 is 3.48. The topological polar surface area (TPSA) is 20.3 Å². The van der Waals surface area contributed by atoms with Crippen LogP contribution in [0.3, 0.4) is 0 Å². The van der Waals surface area contributed by atoms with Crippen LogP contribution in [0.25, 0.3) is 0 Å². The first-order chi connectivity index (χ1) is 7.16. The largest absolute Gasteiger partial charge is 0.342 e. The predicted molar refractivity (Wildman–Crippen MR) is 63.8 cm³/mol. The lowest BCUT2D eigenvalue weighted by Crippen LogP contribution is -2.30. The Morgan fingerprint density at radius 1 is 1.27 bits per heavy atom.